The van der Waals surface area contributed by atoms with Crippen LogP contribution in [0, 0.1) is 0 Å². The standard InChI is InChI=1S/C14H21ClN2O2S/c1-10(16)7-11-3-4-14(13(15)8-11)17(2)12-5-6-20(18,19)9-12/h3-4,8,10,12H,5-7,9,16H2,1-2H3. The molecule has 0 aromatic heterocycles. The van der Waals surface area contributed by atoms with Crippen molar-refractivity contribution in [3.05, 3.63) is 28.8 Å². The third-order valence-electron chi connectivity index (χ3n) is 3.71. The Labute approximate surface area is 125 Å². The monoisotopic (exact) mass is 316 g/mol. The van der Waals surface area contributed by atoms with E-state index in [0.29, 0.717) is 11.4 Å². The van der Waals surface area contributed by atoms with Gasteiger partial charge in [-0.05, 0) is 37.5 Å². The van der Waals surface area contributed by atoms with E-state index in [2.05, 4.69) is 0 Å². The smallest absolute Gasteiger partial charge is 0.152 e. The molecule has 0 saturated carbocycles. The van der Waals surface area contributed by atoms with E-state index in [1.165, 1.54) is 0 Å². The van der Waals surface area contributed by atoms with Crippen LogP contribution in [0.5, 0.6) is 0 Å². The first-order valence-corrected chi connectivity index (χ1v) is 8.96. The molecule has 6 heteroatoms. The molecular weight excluding hydrogens is 296 g/mol. The molecule has 0 aliphatic carbocycles. The van der Waals surface area contributed by atoms with Crippen molar-refractivity contribution in [2.75, 3.05) is 23.5 Å². The molecule has 0 bridgehead atoms. The van der Waals surface area contributed by atoms with Crippen molar-refractivity contribution in [3.8, 4) is 0 Å². The molecule has 0 spiro atoms. The fourth-order valence-electron chi connectivity index (χ4n) is 2.61. The number of halogens is 1. The van der Waals surface area contributed by atoms with E-state index in [1.54, 1.807) is 0 Å². The van der Waals surface area contributed by atoms with E-state index >= 15 is 0 Å². The molecule has 1 aliphatic heterocycles. The second-order valence-electron chi connectivity index (χ2n) is 5.63. The van der Waals surface area contributed by atoms with Crippen molar-refractivity contribution >= 4 is 27.1 Å². The molecule has 0 amide bonds. The molecule has 1 fully saturated rings. The number of sulfone groups is 1. The summed E-state index contributed by atoms with van der Waals surface area (Å²) in [4.78, 5) is 1.97. The van der Waals surface area contributed by atoms with Gasteiger partial charge in [-0.15, -0.1) is 0 Å². The van der Waals surface area contributed by atoms with E-state index < -0.39 is 9.84 Å². The van der Waals surface area contributed by atoms with Crippen LogP contribution in [-0.4, -0.2) is 39.1 Å². The SMILES string of the molecule is CC(N)Cc1ccc(N(C)C2CCS(=O)(=O)C2)c(Cl)c1. The Balaban J connectivity index is 2.16. The molecule has 4 nitrogen and oxygen atoms in total. The van der Waals surface area contributed by atoms with E-state index in [1.807, 2.05) is 37.1 Å². The average molecular weight is 317 g/mol. The molecule has 20 heavy (non-hydrogen) atoms. The van der Waals surface area contributed by atoms with Gasteiger partial charge < -0.3 is 10.6 Å². The van der Waals surface area contributed by atoms with Crippen molar-refractivity contribution in [1.82, 2.24) is 0 Å². The fraction of sp³-hybridized carbons (Fsp3) is 0.571. The number of nitrogens with zero attached hydrogens (tertiary/aromatic N) is 1. The van der Waals surface area contributed by atoms with Crippen molar-refractivity contribution in [2.45, 2.75) is 31.8 Å². The first-order chi connectivity index (χ1) is 9.28. The van der Waals surface area contributed by atoms with Crippen LogP contribution in [0.25, 0.3) is 0 Å². The molecule has 1 saturated heterocycles. The van der Waals surface area contributed by atoms with Crippen molar-refractivity contribution < 1.29 is 8.42 Å². The van der Waals surface area contributed by atoms with Crippen molar-refractivity contribution in [1.29, 1.82) is 0 Å². The molecule has 0 radical (unpaired) electrons. The van der Waals surface area contributed by atoms with Gasteiger partial charge in [0.1, 0.15) is 0 Å². The molecule has 2 rings (SSSR count). The number of anilines is 1. The minimum absolute atomic E-state index is 0.0109. The van der Waals surface area contributed by atoms with Gasteiger partial charge in [0.2, 0.25) is 0 Å². The maximum atomic E-state index is 11.6. The Bertz CT molecular complexity index is 587. The molecule has 1 heterocycles. The lowest BCUT2D eigenvalue weighted by molar-refractivity contribution is 0.601. The summed E-state index contributed by atoms with van der Waals surface area (Å²) in [5.74, 6) is 0.476. The summed E-state index contributed by atoms with van der Waals surface area (Å²) in [7, 11) is -0.986. The van der Waals surface area contributed by atoms with Gasteiger partial charge in [0.05, 0.1) is 22.2 Å². The number of hydrogen-bond acceptors (Lipinski definition) is 4. The lowest BCUT2D eigenvalue weighted by Gasteiger charge is -2.27. The highest BCUT2D eigenvalue weighted by atomic mass is 35.5. The lowest BCUT2D eigenvalue weighted by atomic mass is 10.1. The zero-order chi connectivity index (χ0) is 14.9. The van der Waals surface area contributed by atoms with E-state index in [0.717, 1.165) is 17.7 Å². The van der Waals surface area contributed by atoms with Crippen LogP contribution in [-0.2, 0) is 16.3 Å². The third kappa shape index (κ3) is 3.65. The topological polar surface area (TPSA) is 63.4 Å². The van der Waals surface area contributed by atoms with Gasteiger partial charge in [0, 0.05) is 19.1 Å². The summed E-state index contributed by atoms with van der Waals surface area (Å²) in [5, 5.41) is 0.648. The first-order valence-electron chi connectivity index (χ1n) is 6.76. The lowest BCUT2D eigenvalue weighted by Crippen LogP contribution is -2.32. The summed E-state index contributed by atoms with van der Waals surface area (Å²) in [6, 6.07) is 5.97. The molecule has 1 aromatic rings. The highest BCUT2D eigenvalue weighted by Crippen LogP contribution is 2.30. The van der Waals surface area contributed by atoms with Gasteiger partial charge in [0.25, 0.3) is 0 Å². The predicted molar refractivity (Wildman–Crippen MR) is 84.3 cm³/mol. The molecule has 2 atom stereocenters. The van der Waals surface area contributed by atoms with Crippen LogP contribution >= 0.6 is 11.6 Å². The summed E-state index contributed by atoms with van der Waals surface area (Å²) >= 11 is 6.33. The number of hydrogen-bond donors (Lipinski definition) is 1. The molecule has 112 valence electrons. The second kappa shape index (κ2) is 5.92. The summed E-state index contributed by atoms with van der Waals surface area (Å²) < 4.78 is 23.1. The Morgan fingerprint density at radius 3 is 2.70 bits per heavy atom. The Morgan fingerprint density at radius 1 is 1.50 bits per heavy atom. The fourth-order valence-corrected chi connectivity index (χ4v) is 4.72. The zero-order valence-corrected chi connectivity index (χ0v) is 13.4. The number of rotatable bonds is 4. The molecule has 2 unspecified atom stereocenters. The molecule has 2 N–H and O–H groups in total. The summed E-state index contributed by atoms with van der Waals surface area (Å²) in [5.41, 5.74) is 7.76. The van der Waals surface area contributed by atoms with Crippen LogP contribution in [0.15, 0.2) is 18.2 Å². The Hall–Kier alpha value is -0.780. The van der Waals surface area contributed by atoms with Gasteiger partial charge >= 0.3 is 0 Å². The number of benzene rings is 1. The average Bonchev–Trinajstić information content (AvgIpc) is 2.68. The largest absolute Gasteiger partial charge is 0.369 e. The van der Waals surface area contributed by atoms with Crippen molar-refractivity contribution in [3.63, 3.8) is 0 Å². The number of nitrogens with two attached hydrogens (primary N) is 1. The molecule has 1 aliphatic rings. The minimum atomic E-state index is -2.89. The Morgan fingerprint density at radius 2 is 2.20 bits per heavy atom. The minimum Gasteiger partial charge on any atom is -0.369 e. The molecular formula is C14H21ClN2O2S. The van der Waals surface area contributed by atoms with Gasteiger partial charge in [0.15, 0.2) is 9.84 Å². The summed E-state index contributed by atoms with van der Waals surface area (Å²) in [6.07, 6.45) is 1.44. The van der Waals surface area contributed by atoms with E-state index in [4.69, 9.17) is 17.3 Å². The quantitative estimate of drug-likeness (QED) is 0.921. The third-order valence-corrected chi connectivity index (χ3v) is 5.76. The van der Waals surface area contributed by atoms with E-state index in [-0.39, 0.29) is 23.6 Å². The second-order valence-corrected chi connectivity index (χ2v) is 8.27. The van der Waals surface area contributed by atoms with Crippen LogP contribution in [0.3, 0.4) is 0 Å². The maximum Gasteiger partial charge on any atom is 0.152 e. The van der Waals surface area contributed by atoms with Crippen LogP contribution in [0.2, 0.25) is 5.02 Å². The van der Waals surface area contributed by atoms with Gasteiger partial charge in [-0.25, -0.2) is 8.42 Å². The van der Waals surface area contributed by atoms with Crippen LogP contribution < -0.4 is 10.6 Å². The maximum absolute atomic E-state index is 11.6. The normalized spacial score (nSPS) is 22.7. The van der Waals surface area contributed by atoms with Crippen molar-refractivity contribution in [2.24, 2.45) is 5.73 Å². The van der Waals surface area contributed by atoms with Gasteiger partial charge in [-0.2, -0.15) is 0 Å². The first kappa shape index (κ1) is 15.6. The van der Waals surface area contributed by atoms with Gasteiger partial charge in [-0.1, -0.05) is 17.7 Å². The highest BCUT2D eigenvalue weighted by Gasteiger charge is 2.31. The summed E-state index contributed by atoms with van der Waals surface area (Å²) in [6.45, 7) is 1.96. The predicted octanol–water partition coefficient (Wildman–Crippen LogP) is 1.85. The zero-order valence-electron chi connectivity index (χ0n) is 11.8. The molecule has 1 aromatic carbocycles. The van der Waals surface area contributed by atoms with E-state index in [9.17, 15) is 8.42 Å². The van der Waals surface area contributed by atoms with Crippen LogP contribution in [0.1, 0.15) is 18.9 Å². The highest BCUT2D eigenvalue weighted by molar-refractivity contribution is 7.91. The Kier molecular flexibility index (Phi) is 4.62. The van der Waals surface area contributed by atoms with Crippen LogP contribution in [0.4, 0.5) is 5.69 Å². The van der Waals surface area contributed by atoms with Gasteiger partial charge in [-0.3, -0.25) is 0 Å².